The van der Waals surface area contributed by atoms with E-state index in [1.54, 1.807) is 0 Å². The molecule has 0 aromatic heterocycles. The summed E-state index contributed by atoms with van der Waals surface area (Å²) in [7, 11) is 5.94. The van der Waals surface area contributed by atoms with Crippen molar-refractivity contribution in [1.29, 1.82) is 0 Å². The Kier molecular flexibility index (Phi) is 54.8. The molecule has 0 bridgehead atoms. The van der Waals surface area contributed by atoms with Crippen molar-refractivity contribution in [1.82, 2.24) is 0 Å². The smallest absolute Gasteiger partial charge is 0.361 e. The van der Waals surface area contributed by atoms with E-state index in [-0.39, 0.29) is 38.6 Å². The number of rotatable bonds is 53. The molecule has 0 aliphatic heterocycles. The second-order valence-electron chi connectivity index (χ2n) is 20.5. The number of hydrogen-bond donors (Lipinski definition) is 1. The molecule has 0 saturated carbocycles. The van der Waals surface area contributed by atoms with Gasteiger partial charge in [0.05, 0.1) is 34.4 Å². The van der Waals surface area contributed by atoms with Crippen LogP contribution in [0.3, 0.4) is 0 Å². The van der Waals surface area contributed by atoms with E-state index in [9.17, 15) is 19.5 Å². The third-order valence-electron chi connectivity index (χ3n) is 12.0. The maximum Gasteiger partial charge on any atom is 0.361 e. The van der Waals surface area contributed by atoms with Gasteiger partial charge in [-0.15, -0.1) is 0 Å². The number of carbonyl (C=O) groups excluding carboxylic acids is 2. The second-order valence-corrected chi connectivity index (χ2v) is 20.5. The average Bonchev–Trinajstić information content (AvgIpc) is 3.42. The second kappa shape index (κ2) is 58.8. The minimum absolute atomic E-state index is 0.169. The van der Waals surface area contributed by atoms with Gasteiger partial charge in [-0.2, -0.15) is 0 Å². The molecule has 0 fully saturated rings. The molecule has 79 heavy (non-hydrogen) atoms. The first kappa shape index (κ1) is 73.7. The van der Waals surface area contributed by atoms with Crippen LogP contribution in [0, 0.1) is 0 Å². The zero-order chi connectivity index (χ0) is 57.6. The van der Waals surface area contributed by atoms with Gasteiger partial charge in [0.25, 0.3) is 6.29 Å². The van der Waals surface area contributed by atoms with Crippen LogP contribution in [-0.2, 0) is 33.3 Å². The van der Waals surface area contributed by atoms with E-state index in [1.807, 2.05) is 21.1 Å². The number of allylic oxidation sites excluding steroid dienone is 28. The van der Waals surface area contributed by atoms with Crippen molar-refractivity contribution in [3.8, 4) is 0 Å². The molecule has 0 heterocycles. The van der Waals surface area contributed by atoms with Crippen molar-refractivity contribution in [3.63, 3.8) is 0 Å². The molecule has 442 valence electrons. The number of carboxylic acids is 1. The number of ether oxygens (including phenoxy) is 4. The Labute approximate surface area is 482 Å². The number of unbranched alkanes of at least 4 members (excludes halogenated alkanes) is 10. The normalized spacial score (nSPS) is 14.0. The Balaban J connectivity index is 4.39. The van der Waals surface area contributed by atoms with E-state index < -0.39 is 24.3 Å². The molecule has 1 N–H and O–H groups in total. The number of esters is 2. The molecule has 0 amide bonds. The quantitative estimate of drug-likeness (QED) is 0.0211. The maximum absolute atomic E-state index is 12.9. The highest BCUT2D eigenvalue weighted by molar-refractivity contribution is 5.71. The lowest BCUT2D eigenvalue weighted by atomic mass is 10.1. The average molecular weight is 1090 g/mol. The van der Waals surface area contributed by atoms with Crippen LogP contribution in [0.5, 0.6) is 0 Å². The molecular formula is C70H110NO8+. The van der Waals surface area contributed by atoms with Gasteiger partial charge in [0.15, 0.2) is 6.10 Å². The third-order valence-corrected chi connectivity index (χ3v) is 12.0. The van der Waals surface area contributed by atoms with Gasteiger partial charge in [0, 0.05) is 12.8 Å². The zero-order valence-corrected chi connectivity index (χ0v) is 50.2. The molecule has 0 saturated heterocycles. The van der Waals surface area contributed by atoms with Crippen molar-refractivity contribution in [3.05, 3.63) is 170 Å². The first-order valence-electron chi connectivity index (χ1n) is 30.3. The largest absolute Gasteiger partial charge is 0.477 e. The summed E-state index contributed by atoms with van der Waals surface area (Å²) in [5, 5.41) is 9.72. The van der Waals surface area contributed by atoms with E-state index in [0.29, 0.717) is 23.9 Å². The summed E-state index contributed by atoms with van der Waals surface area (Å²) in [6.45, 7) is 4.57. The predicted octanol–water partition coefficient (Wildman–Crippen LogP) is 18.3. The van der Waals surface area contributed by atoms with Gasteiger partial charge < -0.3 is 28.5 Å². The van der Waals surface area contributed by atoms with E-state index in [2.05, 4.69) is 184 Å². The lowest BCUT2D eigenvalue weighted by Gasteiger charge is -2.25. The standard InChI is InChI=1S/C70H109NO8/c1-6-8-10-12-14-16-18-20-22-24-26-28-30-32-33-34-35-37-39-41-43-45-47-49-51-53-55-57-59-61-68(73)79-66(65-78-70(69(74)75)76-63-62-71(3,4)5)64-77-67(72)60-58-56-54-52-50-48-46-44-42-40-38-36-31-29-27-25-23-21-19-17-15-13-11-9-7-2/h8-11,14-17,20-23,26-29,32-33,35-38,41-44,47,49,66,70H,6-7,12-13,18-19,24-25,30-31,34,39-40,45-46,48,50-65H2,1-5H3/p+1/b10-8-,11-9-,16-14-,17-15-,22-20-,23-21-,28-26-,29-27-,33-32-,37-35-,38-36-,43-41-,44-42-,49-47-. The van der Waals surface area contributed by atoms with Crippen LogP contribution in [0.4, 0.5) is 0 Å². The lowest BCUT2D eigenvalue weighted by molar-refractivity contribution is -0.870. The van der Waals surface area contributed by atoms with E-state index in [0.717, 1.165) is 154 Å². The van der Waals surface area contributed by atoms with E-state index in [4.69, 9.17) is 18.9 Å². The summed E-state index contributed by atoms with van der Waals surface area (Å²) in [4.78, 5) is 37.5. The zero-order valence-electron chi connectivity index (χ0n) is 50.2. The Morgan fingerprint density at radius 3 is 1.01 bits per heavy atom. The first-order valence-corrected chi connectivity index (χ1v) is 30.3. The van der Waals surface area contributed by atoms with Gasteiger partial charge in [0.1, 0.15) is 13.2 Å². The highest BCUT2D eigenvalue weighted by Gasteiger charge is 2.25. The summed E-state index contributed by atoms with van der Waals surface area (Å²) in [6, 6.07) is 0. The summed E-state index contributed by atoms with van der Waals surface area (Å²) in [5.41, 5.74) is 0. The van der Waals surface area contributed by atoms with Crippen LogP contribution in [0.15, 0.2) is 170 Å². The van der Waals surface area contributed by atoms with Crippen molar-refractivity contribution >= 4 is 17.9 Å². The van der Waals surface area contributed by atoms with Gasteiger partial charge in [-0.25, -0.2) is 4.79 Å². The minimum Gasteiger partial charge on any atom is -0.477 e. The summed E-state index contributed by atoms with van der Waals surface area (Å²) in [5.74, 6) is -2.09. The maximum atomic E-state index is 12.9. The molecule has 0 aliphatic carbocycles. The molecule has 0 aliphatic rings. The Morgan fingerprint density at radius 2 is 0.684 bits per heavy atom. The Bertz CT molecular complexity index is 1900. The number of quaternary nitrogens is 1. The highest BCUT2D eigenvalue weighted by atomic mass is 16.7. The summed E-state index contributed by atoms with van der Waals surface area (Å²) >= 11 is 0. The molecule has 9 heteroatoms. The van der Waals surface area contributed by atoms with Crippen LogP contribution in [0.2, 0.25) is 0 Å². The van der Waals surface area contributed by atoms with Crippen LogP contribution in [0.1, 0.15) is 194 Å². The number of nitrogens with zero attached hydrogens (tertiary/aromatic N) is 1. The van der Waals surface area contributed by atoms with Crippen molar-refractivity contribution in [2.45, 2.75) is 206 Å². The highest BCUT2D eigenvalue weighted by Crippen LogP contribution is 2.13. The fourth-order valence-electron chi connectivity index (χ4n) is 7.38. The SMILES string of the molecule is CC/C=C\C/C=C\C/C=C\C/C=C\C/C=C\C/C=C\C/C=C\C/C=C\CCCCCCC(=O)OC(COC(=O)CCCCCCCC/C=C\C/C=C\C/C=C\C/C=C\C/C=C\C/C=C\CC)COC(OCC[N+](C)(C)C)C(=O)O. The molecule has 0 aromatic rings. The predicted molar refractivity (Wildman–Crippen MR) is 336 cm³/mol. The molecule has 2 atom stereocenters. The fraction of sp³-hybridized carbons (Fsp3) is 0.557. The van der Waals surface area contributed by atoms with E-state index in [1.165, 1.54) is 0 Å². The van der Waals surface area contributed by atoms with E-state index >= 15 is 0 Å². The van der Waals surface area contributed by atoms with Gasteiger partial charge in [-0.3, -0.25) is 9.59 Å². The van der Waals surface area contributed by atoms with Gasteiger partial charge in [-0.1, -0.05) is 223 Å². The molecule has 2 unspecified atom stereocenters. The molecule has 0 aromatic carbocycles. The van der Waals surface area contributed by atoms with Crippen LogP contribution >= 0.6 is 0 Å². The topological polar surface area (TPSA) is 108 Å². The minimum atomic E-state index is -1.53. The molecule has 0 rings (SSSR count). The van der Waals surface area contributed by atoms with Crippen LogP contribution in [-0.4, -0.2) is 87.4 Å². The monoisotopic (exact) mass is 1090 g/mol. The van der Waals surface area contributed by atoms with Gasteiger partial charge >= 0.3 is 17.9 Å². The Morgan fingerprint density at radius 1 is 0.380 bits per heavy atom. The molecule has 9 nitrogen and oxygen atoms in total. The number of aliphatic carboxylic acids is 1. The number of carbonyl (C=O) groups is 3. The van der Waals surface area contributed by atoms with Crippen molar-refractivity contribution < 1.29 is 42.9 Å². The number of carboxylic acid groups (broad SMARTS) is 1. The number of likely N-dealkylation sites (N-methyl/N-ethyl adjacent to an activating group) is 1. The lowest BCUT2D eigenvalue weighted by Crippen LogP contribution is -2.40. The summed E-state index contributed by atoms with van der Waals surface area (Å²) in [6.07, 6.45) is 85.7. The number of hydrogen-bond acceptors (Lipinski definition) is 7. The first-order chi connectivity index (χ1) is 38.6. The summed E-state index contributed by atoms with van der Waals surface area (Å²) < 4.78 is 22.8. The van der Waals surface area contributed by atoms with Gasteiger partial charge in [-0.05, 0) is 128 Å². The van der Waals surface area contributed by atoms with Crippen LogP contribution in [0.25, 0.3) is 0 Å². The third kappa shape index (κ3) is 60.1. The molecule has 0 radical (unpaired) electrons. The van der Waals surface area contributed by atoms with Crippen molar-refractivity contribution in [2.75, 3.05) is 47.5 Å². The van der Waals surface area contributed by atoms with Gasteiger partial charge in [0.2, 0.25) is 0 Å². The van der Waals surface area contributed by atoms with Crippen LogP contribution < -0.4 is 0 Å². The molecule has 0 spiro atoms. The fourth-order valence-corrected chi connectivity index (χ4v) is 7.38. The Hall–Kier alpha value is -5.35. The van der Waals surface area contributed by atoms with Crippen molar-refractivity contribution in [2.24, 2.45) is 0 Å². The molecular weight excluding hydrogens is 983 g/mol.